The summed E-state index contributed by atoms with van der Waals surface area (Å²) >= 11 is 0. The molecule has 0 bridgehead atoms. The molecule has 1 fully saturated rings. The molecule has 1 aliphatic heterocycles. The lowest BCUT2D eigenvalue weighted by Crippen LogP contribution is -2.24. The molecule has 0 spiro atoms. The highest BCUT2D eigenvalue weighted by molar-refractivity contribution is 5.94. The standard InChI is InChI=1S/C19H19N3O5/c23-17-8-7-16(22(26)27)10-15(17)11-20-19(25)14-5-3-13(4-6-14)12-21-9-1-2-18(21)24/h3-8,10,23H,1-2,9,11-12H2,(H,20,25)/p-1. The predicted octanol–water partition coefficient (Wildman–Crippen LogP) is 1.72. The molecule has 0 aliphatic carbocycles. The van der Waals surface area contributed by atoms with Crippen LogP contribution in [0.25, 0.3) is 0 Å². The molecule has 8 heteroatoms. The Labute approximate surface area is 155 Å². The van der Waals surface area contributed by atoms with Gasteiger partial charge in [0.05, 0.1) is 4.92 Å². The van der Waals surface area contributed by atoms with Crippen molar-refractivity contribution >= 4 is 17.5 Å². The lowest BCUT2D eigenvalue weighted by Gasteiger charge is -2.16. The van der Waals surface area contributed by atoms with E-state index in [4.69, 9.17) is 0 Å². The van der Waals surface area contributed by atoms with Crippen molar-refractivity contribution in [1.82, 2.24) is 10.2 Å². The Hall–Kier alpha value is -3.42. The minimum absolute atomic E-state index is 0.0939. The molecule has 2 aromatic rings. The average molecular weight is 368 g/mol. The first-order chi connectivity index (χ1) is 12.9. The van der Waals surface area contributed by atoms with Gasteiger partial charge in [0, 0.05) is 43.8 Å². The van der Waals surface area contributed by atoms with Gasteiger partial charge in [-0.15, -0.1) is 5.75 Å². The number of carbonyl (C=O) groups is 2. The van der Waals surface area contributed by atoms with Crippen molar-refractivity contribution in [3.8, 4) is 5.75 Å². The molecular formula is C19H18N3O5-. The third-order valence-electron chi connectivity index (χ3n) is 4.46. The summed E-state index contributed by atoms with van der Waals surface area (Å²) in [6.07, 6.45) is 1.46. The first kappa shape index (κ1) is 18.4. The van der Waals surface area contributed by atoms with E-state index in [0.717, 1.165) is 30.7 Å². The van der Waals surface area contributed by atoms with Crippen LogP contribution in [0.3, 0.4) is 0 Å². The molecule has 27 heavy (non-hydrogen) atoms. The van der Waals surface area contributed by atoms with Crippen LogP contribution in [-0.2, 0) is 17.9 Å². The number of nitrogens with one attached hydrogen (secondary N) is 1. The number of likely N-dealkylation sites (tertiary alicyclic amines) is 1. The number of benzene rings is 2. The summed E-state index contributed by atoms with van der Waals surface area (Å²) in [7, 11) is 0. The van der Waals surface area contributed by atoms with Gasteiger partial charge >= 0.3 is 0 Å². The summed E-state index contributed by atoms with van der Waals surface area (Å²) in [5.74, 6) is -0.613. The van der Waals surface area contributed by atoms with Gasteiger partial charge in [0.2, 0.25) is 5.91 Å². The van der Waals surface area contributed by atoms with Crippen molar-refractivity contribution in [1.29, 1.82) is 0 Å². The Morgan fingerprint density at radius 3 is 2.56 bits per heavy atom. The van der Waals surface area contributed by atoms with Gasteiger partial charge in [-0.2, -0.15) is 0 Å². The Morgan fingerprint density at radius 2 is 1.93 bits per heavy atom. The fraction of sp³-hybridized carbons (Fsp3) is 0.263. The number of carbonyl (C=O) groups excluding carboxylic acids is 2. The largest absolute Gasteiger partial charge is 0.872 e. The number of nitro benzene ring substituents is 1. The van der Waals surface area contributed by atoms with Gasteiger partial charge in [0.1, 0.15) is 0 Å². The normalized spacial score (nSPS) is 13.6. The maximum Gasteiger partial charge on any atom is 0.269 e. The van der Waals surface area contributed by atoms with Gasteiger partial charge in [0.25, 0.3) is 11.6 Å². The van der Waals surface area contributed by atoms with E-state index in [1.807, 2.05) is 0 Å². The predicted molar refractivity (Wildman–Crippen MR) is 94.8 cm³/mol. The van der Waals surface area contributed by atoms with Crippen LogP contribution in [0.2, 0.25) is 0 Å². The Balaban J connectivity index is 1.60. The lowest BCUT2D eigenvalue weighted by atomic mass is 10.1. The van der Waals surface area contributed by atoms with E-state index < -0.39 is 4.92 Å². The lowest BCUT2D eigenvalue weighted by molar-refractivity contribution is -0.385. The number of hydrogen-bond acceptors (Lipinski definition) is 5. The van der Waals surface area contributed by atoms with E-state index in [0.29, 0.717) is 18.5 Å². The fourth-order valence-corrected chi connectivity index (χ4v) is 2.95. The molecule has 2 amide bonds. The van der Waals surface area contributed by atoms with Crippen molar-refractivity contribution in [2.75, 3.05) is 6.54 Å². The minimum Gasteiger partial charge on any atom is -0.872 e. The Bertz CT molecular complexity index is 879. The highest BCUT2D eigenvalue weighted by Crippen LogP contribution is 2.21. The second-order valence-electron chi connectivity index (χ2n) is 6.35. The zero-order valence-electron chi connectivity index (χ0n) is 14.5. The van der Waals surface area contributed by atoms with Crippen LogP contribution < -0.4 is 10.4 Å². The summed E-state index contributed by atoms with van der Waals surface area (Å²) in [6.45, 7) is 1.18. The molecule has 1 aliphatic rings. The number of nitro groups is 1. The van der Waals surface area contributed by atoms with Crippen molar-refractivity contribution in [3.63, 3.8) is 0 Å². The Kier molecular flexibility index (Phi) is 5.35. The van der Waals surface area contributed by atoms with Crippen molar-refractivity contribution in [2.45, 2.75) is 25.9 Å². The van der Waals surface area contributed by atoms with E-state index in [2.05, 4.69) is 5.32 Å². The van der Waals surface area contributed by atoms with E-state index in [9.17, 15) is 24.8 Å². The van der Waals surface area contributed by atoms with Gasteiger partial charge in [-0.1, -0.05) is 18.2 Å². The topological polar surface area (TPSA) is 116 Å². The molecule has 1 N–H and O–H groups in total. The molecule has 0 aromatic heterocycles. The van der Waals surface area contributed by atoms with E-state index in [1.54, 1.807) is 29.2 Å². The molecule has 2 aromatic carbocycles. The molecule has 0 saturated carbocycles. The van der Waals surface area contributed by atoms with Crippen molar-refractivity contribution in [3.05, 3.63) is 69.3 Å². The van der Waals surface area contributed by atoms with E-state index in [1.165, 1.54) is 6.07 Å². The van der Waals surface area contributed by atoms with Gasteiger partial charge in [-0.3, -0.25) is 19.7 Å². The second-order valence-corrected chi connectivity index (χ2v) is 6.35. The molecular weight excluding hydrogens is 350 g/mol. The third-order valence-corrected chi connectivity index (χ3v) is 4.46. The van der Waals surface area contributed by atoms with Crippen LogP contribution in [0.15, 0.2) is 42.5 Å². The van der Waals surface area contributed by atoms with Crippen LogP contribution in [0.5, 0.6) is 5.75 Å². The monoisotopic (exact) mass is 368 g/mol. The van der Waals surface area contributed by atoms with Gasteiger partial charge in [-0.05, 0) is 29.7 Å². The fourth-order valence-electron chi connectivity index (χ4n) is 2.95. The molecule has 0 radical (unpaired) electrons. The number of rotatable bonds is 6. The van der Waals surface area contributed by atoms with Crippen LogP contribution >= 0.6 is 0 Å². The minimum atomic E-state index is -0.589. The van der Waals surface area contributed by atoms with Crippen LogP contribution in [-0.4, -0.2) is 28.2 Å². The highest BCUT2D eigenvalue weighted by atomic mass is 16.6. The molecule has 0 unspecified atom stereocenters. The van der Waals surface area contributed by atoms with Gasteiger partial charge in [-0.25, -0.2) is 0 Å². The summed E-state index contributed by atoms with van der Waals surface area (Å²) in [6, 6.07) is 10.3. The number of hydrogen-bond donors (Lipinski definition) is 1. The van der Waals surface area contributed by atoms with E-state index >= 15 is 0 Å². The number of non-ortho nitro benzene ring substituents is 1. The van der Waals surface area contributed by atoms with Crippen LogP contribution in [0.1, 0.15) is 34.3 Å². The van der Waals surface area contributed by atoms with Gasteiger partial charge < -0.3 is 15.3 Å². The Morgan fingerprint density at radius 1 is 1.19 bits per heavy atom. The molecule has 8 nitrogen and oxygen atoms in total. The molecule has 140 valence electrons. The number of nitrogens with zero attached hydrogens (tertiary/aromatic N) is 2. The first-order valence-corrected chi connectivity index (χ1v) is 8.53. The second kappa shape index (κ2) is 7.86. The van der Waals surface area contributed by atoms with Crippen LogP contribution in [0, 0.1) is 10.1 Å². The SMILES string of the molecule is O=C(NCc1cc([N+](=O)[O-])ccc1[O-])c1ccc(CN2CCCC2=O)cc1. The zero-order chi connectivity index (χ0) is 19.4. The summed E-state index contributed by atoms with van der Waals surface area (Å²) < 4.78 is 0. The third kappa shape index (κ3) is 4.41. The van der Waals surface area contributed by atoms with E-state index in [-0.39, 0.29) is 35.4 Å². The maximum atomic E-state index is 12.2. The smallest absolute Gasteiger partial charge is 0.269 e. The molecule has 0 atom stereocenters. The summed E-state index contributed by atoms with van der Waals surface area (Å²) in [5.41, 5.74) is 1.30. The molecule has 1 heterocycles. The maximum absolute atomic E-state index is 12.2. The first-order valence-electron chi connectivity index (χ1n) is 8.53. The zero-order valence-corrected chi connectivity index (χ0v) is 14.5. The summed E-state index contributed by atoms with van der Waals surface area (Å²) in [5, 5.41) is 25.2. The van der Waals surface area contributed by atoms with Gasteiger partial charge in [0.15, 0.2) is 0 Å². The number of amides is 2. The van der Waals surface area contributed by atoms with Crippen molar-refractivity contribution < 1.29 is 19.6 Å². The van der Waals surface area contributed by atoms with Crippen LogP contribution in [0.4, 0.5) is 5.69 Å². The summed E-state index contributed by atoms with van der Waals surface area (Å²) in [4.78, 5) is 35.9. The highest BCUT2D eigenvalue weighted by Gasteiger charge is 2.20. The molecule has 1 saturated heterocycles. The van der Waals surface area contributed by atoms with Crippen molar-refractivity contribution in [2.24, 2.45) is 0 Å². The average Bonchev–Trinajstić information content (AvgIpc) is 3.06. The molecule has 3 rings (SSSR count). The quantitative estimate of drug-likeness (QED) is 0.616.